The Morgan fingerprint density at radius 3 is 1.48 bits per heavy atom. The molecule has 0 saturated carbocycles. The Labute approximate surface area is 180 Å². The average molecular weight is 412 g/mol. The van der Waals surface area contributed by atoms with Gasteiger partial charge in [-0.05, 0) is 26.7 Å². The van der Waals surface area contributed by atoms with Crippen LogP contribution in [0.1, 0.15) is 143 Å². The van der Waals surface area contributed by atoms with E-state index in [4.69, 9.17) is 4.84 Å². The van der Waals surface area contributed by atoms with Crippen LogP contribution in [0.4, 0.5) is 0 Å². The van der Waals surface area contributed by atoms with Gasteiger partial charge in [0.25, 0.3) is 5.91 Å². The molecule has 4 heteroatoms. The highest BCUT2D eigenvalue weighted by Crippen LogP contribution is 2.23. The van der Waals surface area contributed by atoms with Gasteiger partial charge in [0.2, 0.25) is 0 Å². The monoisotopic (exact) mass is 411 g/mol. The lowest BCUT2D eigenvalue weighted by molar-refractivity contribution is -0.167. The first-order valence-corrected chi connectivity index (χ1v) is 12.4. The minimum absolute atomic E-state index is 0.194. The normalized spacial score (nSPS) is 11.4. The van der Waals surface area contributed by atoms with Crippen molar-refractivity contribution in [3.8, 4) is 0 Å². The van der Waals surface area contributed by atoms with Crippen LogP contribution < -0.4 is 5.48 Å². The Hall–Kier alpha value is -1.06. The van der Waals surface area contributed by atoms with Crippen molar-refractivity contribution in [3.05, 3.63) is 0 Å². The molecule has 0 aliphatic rings. The molecule has 0 spiro atoms. The number of hydrogen-bond donors (Lipinski definition) is 1. The summed E-state index contributed by atoms with van der Waals surface area (Å²) in [6.45, 7) is 8.00. The first-order valence-electron chi connectivity index (χ1n) is 12.4. The van der Waals surface area contributed by atoms with E-state index in [1.807, 2.05) is 20.8 Å². The SMILES string of the molecule is CCCCCCCCCCCCCCCCCC(=O)NOC(=O)C(C)(C)CCC. The summed E-state index contributed by atoms with van der Waals surface area (Å²) in [5.41, 5.74) is 1.76. The van der Waals surface area contributed by atoms with E-state index < -0.39 is 5.41 Å². The van der Waals surface area contributed by atoms with E-state index in [0.717, 1.165) is 25.7 Å². The Bertz CT molecular complexity index is 407. The van der Waals surface area contributed by atoms with Crippen LogP contribution in [-0.2, 0) is 14.4 Å². The molecule has 0 aliphatic carbocycles. The molecule has 0 atom stereocenters. The molecule has 0 aromatic carbocycles. The third kappa shape index (κ3) is 17.5. The van der Waals surface area contributed by atoms with Gasteiger partial charge in [-0.15, -0.1) is 0 Å². The fourth-order valence-corrected chi connectivity index (χ4v) is 3.68. The van der Waals surface area contributed by atoms with Gasteiger partial charge in [-0.3, -0.25) is 4.79 Å². The second-order valence-electron chi connectivity index (χ2n) is 9.25. The lowest BCUT2D eigenvalue weighted by Crippen LogP contribution is -2.34. The van der Waals surface area contributed by atoms with Crippen molar-refractivity contribution in [2.75, 3.05) is 0 Å². The van der Waals surface area contributed by atoms with Gasteiger partial charge in [0, 0.05) is 6.42 Å². The van der Waals surface area contributed by atoms with E-state index in [0.29, 0.717) is 6.42 Å². The molecule has 1 amide bonds. The van der Waals surface area contributed by atoms with E-state index >= 15 is 0 Å². The second kappa shape index (κ2) is 18.9. The summed E-state index contributed by atoms with van der Waals surface area (Å²) in [6, 6.07) is 0. The van der Waals surface area contributed by atoms with Crippen LogP contribution >= 0.6 is 0 Å². The van der Waals surface area contributed by atoms with Crippen LogP contribution in [0.25, 0.3) is 0 Å². The molecule has 172 valence electrons. The van der Waals surface area contributed by atoms with Gasteiger partial charge in [0.05, 0.1) is 5.41 Å². The van der Waals surface area contributed by atoms with E-state index in [1.54, 1.807) is 0 Å². The Kier molecular flexibility index (Phi) is 18.2. The number of carbonyl (C=O) groups is 2. The lowest BCUT2D eigenvalue weighted by atomic mass is 9.88. The van der Waals surface area contributed by atoms with Gasteiger partial charge in [0.15, 0.2) is 0 Å². The maximum Gasteiger partial charge on any atom is 0.337 e. The van der Waals surface area contributed by atoms with Gasteiger partial charge >= 0.3 is 5.97 Å². The van der Waals surface area contributed by atoms with Crippen LogP contribution in [0.2, 0.25) is 0 Å². The number of carbonyl (C=O) groups excluding carboxylic acids is 2. The predicted octanol–water partition coefficient (Wildman–Crippen LogP) is 7.65. The first kappa shape index (κ1) is 27.9. The summed E-state index contributed by atoms with van der Waals surface area (Å²) in [4.78, 5) is 28.7. The van der Waals surface area contributed by atoms with Crippen molar-refractivity contribution in [1.82, 2.24) is 5.48 Å². The zero-order chi connectivity index (χ0) is 21.8. The van der Waals surface area contributed by atoms with Gasteiger partial charge in [-0.25, -0.2) is 4.79 Å². The molecule has 0 radical (unpaired) electrons. The zero-order valence-electron chi connectivity index (χ0n) is 20.0. The van der Waals surface area contributed by atoms with Crippen LogP contribution in [0, 0.1) is 5.41 Å². The Morgan fingerprint density at radius 2 is 1.07 bits per heavy atom. The van der Waals surface area contributed by atoms with Crippen molar-refractivity contribution in [2.45, 2.75) is 143 Å². The molecule has 0 aromatic rings. The molecule has 1 N–H and O–H groups in total. The minimum atomic E-state index is -0.545. The number of hydroxylamine groups is 1. The average Bonchev–Trinajstić information content (AvgIpc) is 2.69. The van der Waals surface area contributed by atoms with Crippen molar-refractivity contribution in [1.29, 1.82) is 0 Å². The van der Waals surface area contributed by atoms with Crippen LogP contribution in [0.15, 0.2) is 0 Å². The van der Waals surface area contributed by atoms with Crippen LogP contribution in [0.3, 0.4) is 0 Å². The fraction of sp³-hybridized carbons (Fsp3) is 0.920. The fourth-order valence-electron chi connectivity index (χ4n) is 3.68. The van der Waals surface area contributed by atoms with Gasteiger partial charge in [-0.2, -0.15) is 5.48 Å². The maximum atomic E-state index is 11.9. The number of amides is 1. The molecule has 0 heterocycles. The quantitative estimate of drug-likeness (QED) is 0.175. The number of nitrogens with one attached hydrogen (secondary N) is 1. The van der Waals surface area contributed by atoms with E-state index in [1.165, 1.54) is 83.5 Å². The van der Waals surface area contributed by atoms with Crippen LogP contribution in [0.5, 0.6) is 0 Å². The largest absolute Gasteiger partial charge is 0.340 e. The second-order valence-corrected chi connectivity index (χ2v) is 9.25. The van der Waals surface area contributed by atoms with Gasteiger partial charge in [-0.1, -0.05) is 110 Å². The standard InChI is InChI=1S/C25H49NO3/c1-5-7-8-9-10-11-12-13-14-15-16-17-18-19-20-21-23(27)26-29-24(28)25(3,4)22-6-2/h5-22H2,1-4H3,(H,26,27). The van der Waals surface area contributed by atoms with Crippen LogP contribution in [-0.4, -0.2) is 11.9 Å². The van der Waals surface area contributed by atoms with E-state index in [9.17, 15) is 9.59 Å². The molecule has 0 rings (SSSR count). The predicted molar refractivity (Wildman–Crippen MR) is 122 cm³/mol. The molecular formula is C25H49NO3. The zero-order valence-corrected chi connectivity index (χ0v) is 20.0. The lowest BCUT2D eigenvalue weighted by Gasteiger charge is -2.20. The maximum absolute atomic E-state index is 11.9. The number of hydrogen-bond acceptors (Lipinski definition) is 3. The summed E-state index contributed by atoms with van der Waals surface area (Å²) in [5, 5.41) is 0. The third-order valence-corrected chi connectivity index (χ3v) is 5.69. The number of rotatable bonds is 19. The van der Waals surface area contributed by atoms with Gasteiger partial charge in [0.1, 0.15) is 0 Å². The molecule has 0 saturated heterocycles. The molecule has 0 aliphatic heterocycles. The van der Waals surface area contributed by atoms with Gasteiger partial charge < -0.3 is 4.84 Å². The Morgan fingerprint density at radius 1 is 0.655 bits per heavy atom. The molecule has 0 aromatic heterocycles. The first-order chi connectivity index (χ1) is 13.9. The smallest absolute Gasteiger partial charge is 0.337 e. The summed E-state index contributed by atoms with van der Waals surface area (Å²) in [5.74, 6) is -0.551. The van der Waals surface area contributed by atoms with Crippen molar-refractivity contribution < 1.29 is 14.4 Å². The third-order valence-electron chi connectivity index (χ3n) is 5.69. The molecule has 0 fully saturated rings. The molecule has 0 bridgehead atoms. The van der Waals surface area contributed by atoms with E-state index in [-0.39, 0.29) is 11.9 Å². The van der Waals surface area contributed by atoms with E-state index in [2.05, 4.69) is 12.4 Å². The summed E-state index contributed by atoms with van der Waals surface area (Å²) in [6.07, 6.45) is 21.7. The van der Waals surface area contributed by atoms with Crippen molar-refractivity contribution in [3.63, 3.8) is 0 Å². The summed E-state index contributed by atoms with van der Waals surface area (Å²) >= 11 is 0. The number of unbranched alkanes of at least 4 members (excludes halogenated alkanes) is 14. The molecule has 4 nitrogen and oxygen atoms in total. The minimum Gasteiger partial charge on any atom is -0.340 e. The Balaban J connectivity index is 3.38. The van der Waals surface area contributed by atoms with Crippen molar-refractivity contribution in [2.24, 2.45) is 5.41 Å². The highest BCUT2D eigenvalue weighted by Gasteiger charge is 2.29. The summed E-state index contributed by atoms with van der Waals surface area (Å²) in [7, 11) is 0. The topological polar surface area (TPSA) is 55.4 Å². The highest BCUT2D eigenvalue weighted by atomic mass is 16.7. The molecular weight excluding hydrogens is 362 g/mol. The molecule has 29 heavy (non-hydrogen) atoms. The highest BCUT2D eigenvalue weighted by molar-refractivity contribution is 5.80. The van der Waals surface area contributed by atoms with Crippen molar-refractivity contribution >= 4 is 11.9 Å². The summed E-state index contributed by atoms with van der Waals surface area (Å²) < 4.78 is 0. The molecule has 0 unspecified atom stereocenters.